The lowest BCUT2D eigenvalue weighted by Crippen LogP contribution is -1.98. The van der Waals surface area contributed by atoms with Gasteiger partial charge in [0.25, 0.3) is 0 Å². The van der Waals surface area contributed by atoms with Crippen molar-refractivity contribution in [2.45, 2.75) is 20.3 Å². The van der Waals surface area contributed by atoms with Crippen molar-refractivity contribution in [2.75, 3.05) is 6.61 Å². The lowest BCUT2D eigenvalue weighted by Gasteiger charge is -2.09. The first-order chi connectivity index (χ1) is 6.65. The number of ether oxygens (including phenoxy) is 1. The normalized spacial score (nSPS) is 9.57. The summed E-state index contributed by atoms with van der Waals surface area (Å²) in [7, 11) is 0. The summed E-state index contributed by atoms with van der Waals surface area (Å²) in [6.07, 6.45) is 0.425. The number of hydrogen-bond acceptors (Lipinski definition) is 2. The summed E-state index contributed by atoms with van der Waals surface area (Å²) < 4.78 is 6.56. The largest absolute Gasteiger partial charge is 0.492 e. The summed E-state index contributed by atoms with van der Waals surface area (Å²) in [5.41, 5.74) is 2.22. The highest BCUT2D eigenvalue weighted by molar-refractivity contribution is 9.10. The van der Waals surface area contributed by atoms with Gasteiger partial charge in [0.05, 0.1) is 12.5 Å². The molecule has 0 N–H and O–H groups in total. The molecule has 1 aromatic carbocycles. The Morgan fingerprint density at radius 1 is 1.36 bits per heavy atom. The van der Waals surface area contributed by atoms with Crippen LogP contribution in [-0.4, -0.2) is 6.61 Å². The fourth-order valence-electron chi connectivity index (χ4n) is 1.12. The predicted octanol–water partition coefficient (Wildman–Crippen LogP) is 3.36. The zero-order valence-corrected chi connectivity index (χ0v) is 9.89. The Kier molecular flexibility index (Phi) is 3.97. The Balaban J connectivity index is 2.78. The molecule has 0 bridgehead atoms. The molecule has 0 spiro atoms. The molecule has 0 saturated heterocycles. The Morgan fingerprint density at radius 3 is 2.71 bits per heavy atom. The van der Waals surface area contributed by atoms with E-state index in [-0.39, 0.29) is 0 Å². The highest BCUT2D eigenvalue weighted by atomic mass is 79.9. The molecule has 2 nitrogen and oxygen atoms in total. The topological polar surface area (TPSA) is 33.0 Å². The minimum absolute atomic E-state index is 0.425. The van der Waals surface area contributed by atoms with Crippen molar-refractivity contribution in [1.82, 2.24) is 0 Å². The average Bonchev–Trinajstić information content (AvgIpc) is 2.14. The molecule has 0 fully saturated rings. The van der Waals surface area contributed by atoms with Crippen LogP contribution < -0.4 is 4.74 Å². The van der Waals surface area contributed by atoms with E-state index in [1.807, 2.05) is 32.0 Å². The van der Waals surface area contributed by atoms with Gasteiger partial charge in [0.2, 0.25) is 0 Å². The van der Waals surface area contributed by atoms with Crippen LogP contribution >= 0.6 is 15.9 Å². The fraction of sp³-hybridized carbons (Fsp3) is 0.364. The standard InChI is InChI=1S/C11H12BrNO/c1-8-7-11(14-5-3-4-13)9(2)6-10(8)12/h6-7H,3,5H2,1-2H3. The molecule has 1 rings (SSSR count). The smallest absolute Gasteiger partial charge is 0.122 e. The number of rotatable bonds is 3. The summed E-state index contributed by atoms with van der Waals surface area (Å²) in [5, 5.41) is 8.37. The number of hydrogen-bond donors (Lipinski definition) is 0. The minimum atomic E-state index is 0.425. The van der Waals surface area contributed by atoms with E-state index in [9.17, 15) is 0 Å². The van der Waals surface area contributed by atoms with Crippen LogP contribution in [-0.2, 0) is 0 Å². The summed E-state index contributed by atoms with van der Waals surface area (Å²) in [4.78, 5) is 0. The molecule has 14 heavy (non-hydrogen) atoms. The molecule has 0 aromatic heterocycles. The van der Waals surface area contributed by atoms with Crippen LogP contribution in [0.1, 0.15) is 17.5 Å². The van der Waals surface area contributed by atoms with Crippen molar-refractivity contribution in [3.05, 3.63) is 27.7 Å². The van der Waals surface area contributed by atoms with Crippen LogP contribution in [0, 0.1) is 25.2 Å². The van der Waals surface area contributed by atoms with Gasteiger partial charge in [-0.25, -0.2) is 0 Å². The molecule has 0 amide bonds. The molecule has 1 aromatic rings. The zero-order chi connectivity index (χ0) is 10.6. The Labute approximate surface area is 92.6 Å². The molecule has 0 aliphatic carbocycles. The van der Waals surface area contributed by atoms with Crippen LogP contribution in [0.3, 0.4) is 0 Å². The maximum absolute atomic E-state index is 8.37. The van der Waals surface area contributed by atoms with Gasteiger partial charge in [-0.05, 0) is 37.1 Å². The lowest BCUT2D eigenvalue weighted by molar-refractivity contribution is 0.324. The molecule has 0 aliphatic rings. The number of aryl methyl sites for hydroxylation is 2. The van der Waals surface area contributed by atoms with E-state index >= 15 is 0 Å². The van der Waals surface area contributed by atoms with Gasteiger partial charge in [-0.15, -0.1) is 0 Å². The van der Waals surface area contributed by atoms with Crippen molar-refractivity contribution in [3.8, 4) is 11.8 Å². The number of nitriles is 1. The number of halogens is 1. The minimum Gasteiger partial charge on any atom is -0.492 e. The second-order valence-electron chi connectivity index (χ2n) is 3.12. The van der Waals surface area contributed by atoms with E-state index in [0.29, 0.717) is 13.0 Å². The Hall–Kier alpha value is -1.01. The van der Waals surface area contributed by atoms with E-state index in [0.717, 1.165) is 21.3 Å². The summed E-state index contributed by atoms with van der Waals surface area (Å²) in [6, 6.07) is 6.06. The van der Waals surface area contributed by atoms with Gasteiger partial charge in [0.15, 0.2) is 0 Å². The quantitative estimate of drug-likeness (QED) is 0.775. The van der Waals surface area contributed by atoms with Crippen LogP contribution in [0.5, 0.6) is 5.75 Å². The maximum atomic E-state index is 8.37. The maximum Gasteiger partial charge on any atom is 0.122 e. The summed E-state index contributed by atoms with van der Waals surface area (Å²) in [6.45, 7) is 4.46. The molecule has 0 heterocycles. The van der Waals surface area contributed by atoms with Crippen LogP contribution in [0.4, 0.5) is 0 Å². The van der Waals surface area contributed by atoms with Gasteiger partial charge >= 0.3 is 0 Å². The van der Waals surface area contributed by atoms with Crippen molar-refractivity contribution in [1.29, 1.82) is 5.26 Å². The van der Waals surface area contributed by atoms with E-state index in [4.69, 9.17) is 10.00 Å². The van der Waals surface area contributed by atoms with Gasteiger partial charge in [0, 0.05) is 4.47 Å². The van der Waals surface area contributed by atoms with Crippen LogP contribution in [0.25, 0.3) is 0 Å². The monoisotopic (exact) mass is 253 g/mol. The van der Waals surface area contributed by atoms with Gasteiger partial charge in [-0.1, -0.05) is 15.9 Å². The molecular weight excluding hydrogens is 242 g/mol. The number of nitrogens with zero attached hydrogens (tertiary/aromatic N) is 1. The molecule has 3 heteroatoms. The highest BCUT2D eigenvalue weighted by Gasteiger charge is 2.03. The van der Waals surface area contributed by atoms with Gasteiger partial charge in [-0.2, -0.15) is 5.26 Å². The van der Waals surface area contributed by atoms with E-state index in [2.05, 4.69) is 15.9 Å². The molecule has 0 unspecified atom stereocenters. The second-order valence-corrected chi connectivity index (χ2v) is 3.98. The van der Waals surface area contributed by atoms with E-state index in [1.165, 1.54) is 0 Å². The molecule has 0 saturated carbocycles. The van der Waals surface area contributed by atoms with Crippen molar-refractivity contribution in [2.24, 2.45) is 0 Å². The summed E-state index contributed by atoms with van der Waals surface area (Å²) in [5.74, 6) is 0.862. The molecular formula is C11H12BrNO. The van der Waals surface area contributed by atoms with Gasteiger partial charge < -0.3 is 4.74 Å². The third kappa shape index (κ3) is 2.74. The van der Waals surface area contributed by atoms with E-state index < -0.39 is 0 Å². The van der Waals surface area contributed by atoms with Gasteiger partial charge in [0.1, 0.15) is 12.4 Å². The molecule has 0 aliphatic heterocycles. The fourth-order valence-corrected chi connectivity index (χ4v) is 1.57. The third-order valence-electron chi connectivity index (χ3n) is 1.93. The first-order valence-corrected chi connectivity index (χ1v) is 5.21. The van der Waals surface area contributed by atoms with Crippen molar-refractivity contribution >= 4 is 15.9 Å². The van der Waals surface area contributed by atoms with Crippen molar-refractivity contribution in [3.63, 3.8) is 0 Å². The molecule has 0 radical (unpaired) electrons. The lowest BCUT2D eigenvalue weighted by atomic mass is 10.1. The SMILES string of the molecule is Cc1cc(OCCC#N)c(C)cc1Br. The summed E-state index contributed by atoms with van der Waals surface area (Å²) >= 11 is 3.45. The first kappa shape index (κ1) is 11.1. The predicted molar refractivity (Wildman–Crippen MR) is 59.3 cm³/mol. The molecule has 74 valence electrons. The van der Waals surface area contributed by atoms with Crippen molar-refractivity contribution < 1.29 is 4.74 Å². The number of benzene rings is 1. The second kappa shape index (κ2) is 5.02. The Morgan fingerprint density at radius 2 is 2.07 bits per heavy atom. The first-order valence-electron chi connectivity index (χ1n) is 4.41. The van der Waals surface area contributed by atoms with E-state index in [1.54, 1.807) is 0 Å². The van der Waals surface area contributed by atoms with Crippen LogP contribution in [0.15, 0.2) is 16.6 Å². The van der Waals surface area contributed by atoms with Gasteiger partial charge in [-0.3, -0.25) is 0 Å². The average molecular weight is 254 g/mol. The third-order valence-corrected chi connectivity index (χ3v) is 2.78. The zero-order valence-electron chi connectivity index (χ0n) is 8.30. The molecule has 0 atom stereocenters. The van der Waals surface area contributed by atoms with Crippen LogP contribution in [0.2, 0.25) is 0 Å². The Bertz CT molecular complexity index is 368. The highest BCUT2D eigenvalue weighted by Crippen LogP contribution is 2.26.